The molecule has 36 heavy (non-hydrogen) atoms. The molecule has 1 aromatic carbocycles. The lowest BCUT2D eigenvalue weighted by Crippen LogP contribution is -2.39. The van der Waals surface area contributed by atoms with Crippen LogP contribution in [0.15, 0.2) is 36.5 Å². The van der Waals surface area contributed by atoms with Crippen molar-refractivity contribution >= 4 is 34.6 Å². The SMILES string of the molecule is Nc1cc(CNc2nc(Cl)nc3c2CN(c2ncccc2N2CCOCC2)CC3)cc(C(F)(F)F)c1. The minimum atomic E-state index is -4.48. The average Bonchev–Trinajstić information content (AvgIpc) is 2.87. The number of alkyl halides is 3. The molecular formula is C24H25ClF3N7O. The molecule has 0 saturated carbocycles. The summed E-state index contributed by atoms with van der Waals surface area (Å²) in [6.07, 6.45) is -2.09. The molecule has 3 aromatic rings. The van der Waals surface area contributed by atoms with Gasteiger partial charge in [0, 0.05) is 56.6 Å². The number of morpholine rings is 1. The first kappa shape index (κ1) is 24.4. The van der Waals surface area contributed by atoms with Crippen molar-refractivity contribution in [1.82, 2.24) is 15.0 Å². The monoisotopic (exact) mass is 519 g/mol. The fraction of sp³-hybridized carbons (Fsp3) is 0.375. The van der Waals surface area contributed by atoms with Crippen LogP contribution in [-0.2, 0) is 30.4 Å². The highest BCUT2D eigenvalue weighted by molar-refractivity contribution is 6.28. The molecule has 0 atom stereocenters. The van der Waals surface area contributed by atoms with Crippen LogP contribution < -0.4 is 20.9 Å². The van der Waals surface area contributed by atoms with Gasteiger partial charge in [-0.2, -0.15) is 13.2 Å². The fourth-order valence-corrected chi connectivity index (χ4v) is 4.75. The van der Waals surface area contributed by atoms with Gasteiger partial charge in [0.1, 0.15) is 5.82 Å². The molecule has 1 fully saturated rings. The molecule has 8 nitrogen and oxygen atoms in total. The number of halogens is 4. The second kappa shape index (κ2) is 9.98. The molecular weight excluding hydrogens is 495 g/mol. The van der Waals surface area contributed by atoms with E-state index in [1.54, 1.807) is 6.20 Å². The zero-order chi connectivity index (χ0) is 25.3. The van der Waals surface area contributed by atoms with E-state index in [4.69, 9.17) is 22.1 Å². The van der Waals surface area contributed by atoms with Gasteiger partial charge in [0.2, 0.25) is 5.28 Å². The van der Waals surface area contributed by atoms with E-state index in [9.17, 15) is 13.2 Å². The van der Waals surface area contributed by atoms with Crippen molar-refractivity contribution in [3.63, 3.8) is 0 Å². The molecule has 2 aromatic heterocycles. The average molecular weight is 520 g/mol. The summed E-state index contributed by atoms with van der Waals surface area (Å²) >= 11 is 6.18. The quantitative estimate of drug-likeness (QED) is 0.384. The number of benzene rings is 1. The molecule has 4 heterocycles. The van der Waals surface area contributed by atoms with E-state index in [-0.39, 0.29) is 17.5 Å². The molecule has 0 amide bonds. The molecule has 2 aliphatic rings. The van der Waals surface area contributed by atoms with Crippen molar-refractivity contribution in [3.05, 3.63) is 64.2 Å². The van der Waals surface area contributed by atoms with E-state index in [1.807, 2.05) is 6.07 Å². The van der Waals surface area contributed by atoms with Crippen molar-refractivity contribution in [2.75, 3.05) is 53.7 Å². The van der Waals surface area contributed by atoms with E-state index in [0.29, 0.717) is 44.1 Å². The zero-order valence-electron chi connectivity index (χ0n) is 19.4. The summed E-state index contributed by atoms with van der Waals surface area (Å²) in [6.45, 7) is 4.17. The number of anilines is 4. The predicted molar refractivity (Wildman–Crippen MR) is 132 cm³/mol. The van der Waals surface area contributed by atoms with Gasteiger partial charge >= 0.3 is 6.18 Å². The molecule has 12 heteroatoms. The maximum Gasteiger partial charge on any atom is 0.416 e. The lowest BCUT2D eigenvalue weighted by molar-refractivity contribution is -0.137. The summed E-state index contributed by atoms with van der Waals surface area (Å²) < 4.78 is 45.2. The van der Waals surface area contributed by atoms with Crippen molar-refractivity contribution in [3.8, 4) is 0 Å². The van der Waals surface area contributed by atoms with Gasteiger partial charge in [-0.3, -0.25) is 0 Å². The van der Waals surface area contributed by atoms with E-state index in [0.717, 1.165) is 48.0 Å². The van der Waals surface area contributed by atoms with Crippen molar-refractivity contribution < 1.29 is 17.9 Å². The molecule has 0 unspecified atom stereocenters. The number of ether oxygens (including phenoxy) is 1. The van der Waals surface area contributed by atoms with Crippen LogP contribution in [0.4, 0.5) is 36.2 Å². The normalized spacial score (nSPS) is 16.1. The van der Waals surface area contributed by atoms with Crippen LogP contribution in [0.1, 0.15) is 22.4 Å². The lowest BCUT2D eigenvalue weighted by Gasteiger charge is -2.35. The standard InChI is InChI=1S/C24H25ClF3N7O/c25-23-32-19-3-5-35(22-20(2-1-4-30-22)34-6-8-36-9-7-34)14-18(19)21(33-23)31-13-15-10-16(24(26,27)28)12-17(29)11-15/h1-2,4,10-12H,3,5-9,13-14,29H2,(H,31,32,33). The van der Waals surface area contributed by atoms with E-state index >= 15 is 0 Å². The first-order chi connectivity index (χ1) is 17.3. The third-order valence-corrected chi connectivity index (χ3v) is 6.42. The van der Waals surface area contributed by atoms with Gasteiger partial charge in [-0.05, 0) is 47.5 Å². The van der Waals surface area contributed by atoms with E-state index < -0.39 is 11.7 Å². The first-order valence-electron chi connectivity index (χ1n) is 11.6. The Bertz CT molecular complexity index is 1250. The summed E-state index contributed by atoms with van der Waals surface area (Å²) in [5.41, 5.74) is 8.03. The predicted octanol–water partition coefficient (Wildman–Crippen LogP) is 4.14. The Morgan fingerprint density at radius 3 is 2.67 bits per heavy atom. The Balaban J connectivity index is 1.40. The minimum Gasteiger partial charge on any atom is -0.399 e. The minimum absolute atomic E-state index is 0.0429. The molecule has 3 N–H and O–H groups in total. The largest absolute Gasteiger partial charge is 0.416 e. The fourth-order valence-electron chi connectivity index (χ4n) is 4.56. The maximum absolute atomic E-state index is 13.2. The third-order valence-electron chi connectivity index (χ3n) is 6.25. The Morgan fingerprint density at radius 1 is 1.08 bits per heavy atom. The molecule has 0 spiro atoms. The molecule has 0 radical (unpaired) electrons. The Hall–Kier alpha value is -3.31. The Labute approximate surface area is 211 Å². The topological polar surface area (TPSA) is 92.4 Å². The van der Waals surface area contributed by atoms with Crippen LogP contribution >= 0.6 is 11.6 Å². The van der Waals surface area contributed by atoms with Crippen molar-refractivity contribution in [2.45, 2.75) is 25.7 Å². The van der Waals surface area contributed by atoms with E-state index in [2.05, 4.69) is 36.1 Å². The van der Waals surface area contributed by atoms with E-state index in [1.165, 1.54) is 6.07 Å². The number of hydrogen-bond acceptors (Lipinski definition) is 8. The molecule has 0 aliphatic carbocycles. The van der Waals surface area contributed by atoms with Gasteiger partial charge in [0.25, 0.3) is 0 Å². The lowest BCUT2D eigenvalue weighted by atomic mass is 10.1. The van der Waals surface area contributed by atoms with Crippen LogP contribution in [0, 0.1) is 0 Å². The van der Waals surface area contributed by atoms with Crippen LogP contribution in [0.2, 0.25) is 5.28 Å². The van der Waals surface area contributed by atoms with Crippen LogP contribution in [0.5, 0.6) is 0 Å². The van der Waals surface area contributed by atoms with Gasteiger partial charge in [0.05, 0.1) is 30.2 Å². The second-order valence-electron chi connectivity index (χ2n) is 8.70. The number of nitrogen functional groups attached to an aromatic ring is 1. The zero-order valence-corrected chi connectivity index (χ0v) is 20.1. The number of nitrogens with two attached hydrogens (primary N) is 1. The van der Waals surface area contributed by atoms with Crippen LogP contribution in [0.25, 0.3) is 0 Å². The number of hydrogen-bond donors (Lipinski definition) is 2. The van der Waals surface area contributed by atoms with Gasteiger partial charge in [-0.1, -0.05) is 0 Å². The summed E-state index contributed by atoms with van der Waals surface area (Å²) in [7, 11) is 0. The molecule has 1 saturated heterocycles. The Morgan fingerprint density at radius 2 is 1.89 bits per heavy atom. The first-order valence-corrected chi connectivity index (χ1v) is 11.9. The van der Waals surface area contributed by atoms with Crippen molar-refractivity contribution in [2.24, 2.45) is 0 Å². The van der Waals surface area contributed by atoms with Crippen LogP contribution in [-0.4, -0.2) is 47.8 Å². The molecule has 190 valence electrons. The summed E-state index contributed by atoms with van der Waals surface area (Å²) in [5.74, 6) is 1.34. The summed E-state index contributed by atoms with van der Waals surface area (Å²) in [4.78, 5) is 17.8. The number of pyridine rings is 1. The third kappa shape index (κ3) is 5.26. The second-order valence-corrected chi connectivity index (χ2v) is 9.04. The number of nitrogens with zero attached hydrogens (tertiary/aromatic N) is 5. The number of rotatable bonds is 5. The van der Waals surface area contributed by atoms with Gasteiger partial charge in [-0.15, -0.1) is 0 Å². The number of aromatic nitrogens is 3. The highest BCUT2D eigenvalue weighted by atomic mass is 35.5. The maximum atomic E-state index is 13.2. The van der Waals surface area contributed by atoms with Crippen LogP contribution in [0.3, 0.4) is 0 Å². The summed E-state index contributed by atoms with van der Waals surface area (Å²) in [5, 5.41) is 3.24. The Kier molecular flexibility index (Phi) is 6.76. The van der Waals surface area contributed by atoms with Gasteiger partial charge < -0.3 is 25.6 Å². The van der Waals surface area contributed by atoms with Crippen molar-refractivity contribution in [1.29, 1.82) is 0 Å². The van der Waals surface area contributed by atoms with Gasteiger partial charge in [0.15, 0.2) is 5.82 Å². The molecule has 0 bridgehead atoms. The molecule has 5 rings (SSSR count). The number of fused-ring (bicyclic) bond motifs is 1. The highest BCUT2D eigenvalue weighted by Gasteiger charge is 2.31. The molecule has 2 aliphatic heterocycles. The van der Waals surface area contributed by atoms with Gasteiger partial charge in [-0.25, -0.2) is 15.0 Å². The summed E-state index contributed by atoms with van der Waals surface area (Å²) in [6, 6.07) is 7.48. The number of nitrogens with one attached hydrogen (secondary N) is 1. The highest BCUT2D eigenvalue weighted by Crippen LogP contribution is 2.34. The smallest absolute Gasteiger partial charge is 0.399 e.